The van der Waals surface area contributed by atoms with Crippen molar-refractivity contribution in [1.82, 2.24) is 4.90 Å². The summed E-state index contributed by atoms with van der Waals surface area (Å²) in [5.74, 6) is -3.43. The fraction of sp³-hybridized carbons (Fsp3) is 0.192. The van der Waals surface area contributed by atoms with Gasteiger partial charge in [0.25, 0.3) is 11.8 Å². The summed E-state index contributed by atoms with van der Waals surface area (Å²) in [6, 6.07) is 12.2. The molecule has 15 heteroatoms. The van der Waals surface area contributed by atoms with Crippen molar-refractivity contribution in [3.8, 4) is 0 Å². The Kier molecular flexibility index (Phi) is 9.13. The van der Waals surface area contributed by atoms with Gasteiger partial charge in [-0.15, -0.1) is 0 Å². The molecule has 0 aromatic heterocycles. The van der Waals surface area contributed by atoms with Gasteiger partial charge in [0.1, 0.15) is 0 Å². The van der Waals surface area contributed by atoms with Crippen LogP contribution in [0, 0.1) is 0 Å². The molecule has 3 aromatic rings. The Labute approximate surface area is 241 Å². The highest BCUT2D eigenvalue weighted by Gasteiger charge is 2.55. The molecule has 0 bridgehead atoms. The molecule has 0 aliphatic heterocycles. The van der Waals surface area contributed by atoms with Crippen molar-refractivity contribution in [1.29, 1.82) is 0 Å². The zero-order valence-corrected chi connectivity index (χ0v) is 23.9. The van der Waals surface area contributed by atoms with E-state index in [1.807, 2.05) is 5.32 Å². The summed E-state index contributed by atoms with van der Waals surface area (Å²) in [5, 5.41) is 20.3. The summed E-state index contributed by atoms with van der Waals surface area (Å²) in [6.07, 6.45) is -5.32. The lowest BCUT2D eigenvalue weighted by Gasteiger charge is -2.25. The van der Waals surface area contributed by atoms with Crippen molar-refractivity contribution in [2.45, 2.75) is 38.3 Å². The van der Waals surface area contributed by atoms with Crippen LogP contribution in [0.4, 0.5) is 18.9 Å². The SMILES string of the molecule is CN(C)C(=O)c1ccc(S(=O)(=O)c2ccc(NC(=O)C(C)(O)C(F)(F)F)c(Cl)c2Sc2ccc(C(=O)O)cc2)cc1. The van der Waals surface area contributed by atoms with E-state index < -0.39 is 44.2 Å². The number of sulfone groups is 1. The van der Waals surface area contributed by atoms with Gasteiger partial charge in [0, 0.05) is 24.6 Å². The van der Waals surface area contributed by atoms with Crippen molar-refractivity contribution < 1.29 is 46.2 Å². The van der Waals surface area contributed by atoms with Crippen LogP contribution in [0.25, 0.3) is 0 Å². The summed E-state index contributed by atoms with van der Waals surface area (Å²) >= 11 is 7.19. The van der Waals surface area contributed by atoms with Crippen molar-refractivity contribution >= 4 is 56.7 Å². The maximum atomic E-state index is 13.7. The fourth-order valence-corrected chi connectivity index (χ4v) is 6.32. The van der Waals surface area contributed by atoms with Crippen LogP contribution < -0.4 is 5.32 Å². The maximum Gasteiger partial charge on any atom is 0.426 e. The molecule has 0 fully saturated rings. The number of nitrogens with one attached hydrogen (secondary N) is 1. The van der Waals surface area contributed by atoms with Crippen molar-refractivity contribution in [3.05, 3.63) is 76.8 Å². The number of aliphatic hydroxyl groups is 1. The molecule has 3 rings (SSSR count). The van der Waals surface area contributed by atoms with Gasteiger partial charge in [0.05, 0.1) is 31.0 Å². The van der Waals surface area contributed by atoms with E-state index >= 15 is 0 Å². The molecular weight excluding hydrogens is 609 g/mol. The van der Waals surface area contributed by atoms with E-state index in [2.05, 4.69) is 0 Å². The average Bonchev–Trinajstić information content (AvgIpc) is 2.89. The minimum absolute atomic E-state index is 0.0592. The number of alkyl halides is 3. The Morgan fingerprint density at radius 3 is 1.95 bits per heavy atom. The minimum atomic E-state index is -5.32. The Morgan fingerprint density at radius 1 is 0.927 bits per heavy atom. The second kappa shape index (κ2) is 11.7. The molecule has 1 unspecified atom stereocenters. The molecule has 9 nitrogen and oxygen atoms in total. The number of carbonyl (C=O) groups is 3. The van der Waals surface area contributed by atoms with Gasteiger partial charge < -0.3 is 20.4 Å². The topological polar surface area (TPSA) is 141 Å². The summed E-state index contributed by atoms with van der Waals surface area (Å²) in [7, 11) is -1.31. The maximum absolute atomic E-state index is 13.7. The minimum Gasteiger partial charge on any atom is -0.478 e. The number of benzene rings is 3. The van der Waals surface area contributed by atoms with E-state index in [-0.39, 0.29) is 38.6 Å². The Morgan fingerprint density at radius 2 is 1.46 bits per heavy atom. The van der Waals surface area contributed by atoms with Crippen LogP contribution in [0.5, 0.6) is 0 Å². The highest BCUT2D eigenvalue weighted by Crippen LogP contribution is 2.44. The predicted octanol–water partition coefficient (Wildman–Crippen LogP) is 4.98. The number of carbonyl (C=O) groups excluding carboxylic acids is 2. The van der Waals surface area contributed by atoms with Crippen molar-refractivity contribution in [2.24, 2.45) is 0 Å². The number of amides is 2. The highest BCUT2D eigenvalue weighted by molar-refractivity contribution is 8.00. The lowest BCUT2D eigenvalue weighted by Crippen LogP contribution is -2.52. The largest absolute Gasteiger partial charge is 0.478 e. The smallest absolute Gasteiger partial charge is 0.426 e. The van der Waals surface area contributed by atoms with Gasteiger partial charge in [-0.05, 0) is 67.6 Å². The number of hydrogen-bond donors (Lipinski definition) is 3. The molecule has 0 aliphatic rings. The molecule has 0 heterocycles. The molecule has 0 spiro atoms. The summed E-state index contributed by atoms with van der Waals surface area (Å²) in [5.41, 5.74) is -4.05. The zero-order chi connectivity index (χ0) is 30.9. The molecule has 0 radical (unpaired) electrons. The van der Waals surface area contributed by atoms with E-state index in [4.69, 9.17) is 16.7 Å². The number of rotatable bonds is 8. The molecule has 0 saturated carbocycles. The van der Waals surface area contributed by atoms with Gasteiger partial charge in [-0.2, -0.15) is 13.2 Å². The van der Waals surface area contributed by atoms with Gasteiger partial charge in [-0.25, -0.2) is 13.2 Å². The highest BCUT2D eigenvalue weighted by atomic mass is 35.5. The molecule has 2 amide bonds. The van der Waals surface area contributed by atoms with Gasteiger partial charge in [-0.3, -0.25) is 9.59 Å². The van der Waals surface area contributed by atoms with Crippen LogP contribution in [-0.2, 0) is 14.6 Å². The zero-order valence-electron chi connectivity index (χ0n) is 21.5. The quantitative estimate of drug-likeness (QED) is 0.317. The molecule has 0 saturated heterocycles. The number of anilines is 1. The van der Waals surface area contributed by atoms with E-state index in [0.717, 1.165) is 23.9 Å². The first-order chi connectivity index (χ1) is 18.9. The number of aromatic carboxylic acids is 1. The molecule has 218 valence electrons. The van der Waals surface area contributed by atoms with Crippen LogP contribution in [0.2, 0.25) is 5.02 Å². The second-order valence-corrected chi connectivity index (χ2v) is 12.3. The number of hydrogen-bond acceptors (Lipinski definition) is 7. The molecule has 3 aromatic carbocycles. The van der Waals surface area contributed by atoms with Crippen molar-refractivity contribution in [2.75, 3.05) is 19.4 Å². The molecule has 0 aliphatic carbocycles. The van der Waals surface area contributed by atoms with Crippen LogP contribution in [0.15, 0.2) is 80.2 Å². The Balaban J connectivity index is 2.14. The van der Waals surface area contributed by atoms with E-state index in [9.17, 15) is 41.1 Å². The van der Waals surface area contributed by atoms with Gasteiger partial charge in [-0.1, -0.05) is 23.4 Å². The number of nitrogens with zero attached hydrogens (tertiary/aromatic N) is 1. The van der Waals surface area contributed by atoms with Gasteiger partial charge >= 0.3 is 12.1 Å². The lowest BCUT2D eigenvalue weighted by molar-refractivity contribution is -0.242. The first-order valence-corrected chi connectivity index (χ1v) is 14.1. The third-order valence-corrected chi connectivity index (χ3v) is 9.31. The normalized spacial score (nSPS) is 13.3. The van der Waals surface area contributed by atoms with Crippen LogP contribution in [0.1, 0.15) is 27.6 Å². The van der Waals surface area contributed by atoms with E-state index in [0.29, 0.717) is 4.90 Å². The summed E-state index contributed by atoms with van der Waals surface area (Å²) < 4.78 is 66.9. The molecule has 41 heavy (non-hydrogen) atoms. The Bertz CT molecular complexity index is 1610. The summed E-state index contributed by atoms with van der Waals surface area (Å²) in [6.45, 7) is 0.249. The molecule has 3 N–H and O–H groups in total. The molecular formula is C26H22ClF3N2O7S2. The second-order valence-electron chi connectivity index (χ2n) is 8.94. The van der Waals surface area contributed by atoms with Gasteiger partial charge in [0.15, 0.2) is 0 Å². The number of carboxylic acids is 1. The van der Waals surface area contributed by atoms with E-state index in [1.54, 1.807) is 0 Å². The van der Waals surface area contributed by atoms with Crippen LogP contribution in [0.3, 0.4) is 0 Å². The Hall–Kier alpha value is -3.59. The third kappa shape index (κ3) is 6.67. The standard InChI is InChI=1S/C26H22ClF3N2O7S2/c1-25(37,26(28,29)30)24(36)31-18-12-13-19(21(20(18)27)40-16-8-4-15(5-9-16)23(34)35)41(38,39)17-10-6-14(7-11-17)22(33)32(2)3/h4-13,37H,1-3H3,(H,31,36)(H,34,35). The number of carboxylic acid groups (broad SMARTS) is 1. The van der Waals surface area contributed by atoms with Crippen LogP contribution >= 0.6 is 23.4 Å². The predicted molar refractivity (Wildman–Crippen MR) is 144 cm³/mol. The monoisotopic (exact) mass is 630 g/mol. The lowest BCUT2D eigenvalue weighted by atomic mass is 10.1. The molecule has 1 atom stereocenters. The summed E-state index contributed by atoms with van der Waals surface area (Å²) in [4.78, 5) is 36.5. The van der Waals surface area contributed by atoms with Gasteiger partial charge in [0.2, 0.25) is 15.4 Å². The third-order valence-electron chi connectivity index (χ3n) is 5.73. The van der Waals surface area contributed by atoms with Crippen LogP contribution in [-0.4, -0.2) is 67.2 Å². The average molecular weight is 631 g/mol. The first kappa shape index (κ1) is 31.9. The van der Waals surface area contributed by atoms with E-state index in [1.165, 1.54) is 67.5 Å². The first-order valence-electron chi connectivity index (χ1n) is 11.4. The number of halogens is 4. The van der Waals surface area contributed by atoms with Crippen molar-refractivity contribution in [3.63, 3.8) is 0 Å². The fourth-order valence-electron chi connectivity index (χ4n) is 3.26.